The molecular weight excluding hydrogens is 234 g/mol. The van der Waals surface area contributed by atoms with E-state index in [2.05, 4.69) is 34.2 Å². The number of nitrogens with one attached hydrogen (secondary N) is 1. The topological polar surface area (TPSA) is 55.1 Å². The molecule has 1 fully saturated rings. The fraction of sp³-hybridized carbons (Fsp3) is 0.727. The van der Waals surface area contributed by atoms with Gasteiger partial charge in [-0.3, -0.25) is 9.67 Å². The van der Waals surface area contributed by atoms with Crippen LogP contribution in [0.15, 0.2) is 11.3 Å². The third-order valence-corrected chi connectivity index (χ3v) is 3.80. The molecule has 94 valence electrons. The smallest absolute Gasteiger partial charge is 0.156 e. The third-order valence-electron chi connectivity index (χ3n) is 2.75. The second-order valence-corrected chi connectivity index (χ2v) is 5.59. The molecule has 1 atom stereocenters. The van der Waals surface area contributed by atoms with Gasteiger partial charge >= 0.3 is 0 Å². The van der Waals surface area contributed by atoms with E-state index >= 15 is 0 Å². The molecule has 0 aromatic carbocycles. The van der Waals surface area contributed by atoms with Crippen molar-refractivity contribution in [2.75, 3.05) is 12.3 Å². The lowest BCUT2D eigenvalue weighted by Crippen LogP contribution is -2.31. The van der Waals surface area contributed by atoms with Crippen molar-refractivity contribution in [2.24, 2.45) is 18.0 Å². The lowest BCUT2D eigenvalue weighted by atomic mass is 10.1. The predicted molar refractivity (Wildman–Crippen MR) is 71.2 cm³/mol. The minimum atomic E-state index is 0.562. The number of aliphatic imine (C=N–C) groups is 1. The van der Waals surface area contributed by atoms with Gasteiger partial charge < -0.3 is 5.32 Å². The van der Waals surface area contributed by atoms with E-state index in [9.17, 15) is 0 Å². The first-order chi connectivity index (χ1) is 8.15. The van der Waals surface area contributed by atoms with E-state index in [1.807, 2.05) is 18.8 Å². The molecule has 2 heterocycles. The van der Waals surface area contributed by atoms with Crippen LogP contribution in [-0.4, -0.2) is 38.3 Å². The van der Waals surface area contributed by atoms with Gasteiger partial charge in [0.25, 0.3) is 0 Å². The van der Waals surface area contributed by atoms with Crippen LogP contribution >= 0.6 is 11.8 Å². The second-order valence-electron chi connectivity index (χ2n) is 4.58. The molecule has 1 aromatic rings. The minimum absolute atomic E-state index is 0.562. The number of amidine groups is 1. The van der Waals surface area contributed by atoms with Crippen LogP contribution < -0.4 is 5.32 Å². The van der Waals surface area contributed by atoms with Gasteiger partial charge in [0.05, 0.1) is 0 Å². The number of nitrogens with zero attached hydrogens (tertiary/aromatic N) is 4. The summed E-state index contributed by atoms with van der Waals surface area (Å²) < 4.78 is 1.72. The monoisotopic (exact) mass is 253 g/mol. The number of hydrogen-bond donors (Lipinski definition) is 1. The fourth-order valence-corrected chi connectivity index (χ4v) is 2.84. The summed E-state index contributed by atoms with van der Waals surface area (Å²) in [5, 5.41) is 8.74. The van der Waals surface area contributed by atoms with Crippen molar-refractivity contribution in [3.8, 4) is 0 Å². The van der Waals surface area contributed by atoms with Crippen LogP contribution in [-0.2, 0) is 13.5 Å². The Labute approximate surface area is 106 Å². The summed E-state index contributed by atoms with van der Waals surface area (Å²) in [4.78, 5) is 8.72. The van der Waals surface area contributed by atoms with Crippen molar-refractivity contribution in [2.45, 2.75) is 26.3 Å². The summed E-state index contributed by atoms with van der Waals surface area (Å²) in [6, 6.07) is 0.562. The van der Waals surface area contributed by atoms with Crippen molar-refractivity contribution in [3.63, 3.8) is 0 Å². The molecule has 2 rings (SSSR count). The lowest BCUT2D eigenvalue weighted by molar-refractivity contribution is 0.503. The molecule has 1 aliphatic heterocycles. The van der Waals surface area contributed by atoms with E-state index in [-0.39, 0.29) is 0 Å². The Kier molecular flexibility index (Phi) is 4.04. The molecular formula is C11H19N5S. The van der Waals surface area contributed by atoms with Crippen molar-refractivity contribution >= 4 is 16.9 Å². The molecule has 1 aliphatic rings. The average molecular weight is 253 g/mol. The number of aromatic nitrogens is 3. The second kappa shape index (κ2) is 5.53. The van der Waals surface area contributed by atoms with Gasteiger partial charge in [0.15, 0.2) is 11.0 Å². The third kappa shape index (κ3) is 3.46. The van der Waals surface area contributed by atoms with Crippen LogP contribution in [0, 0.1) is 5.92 Å². The van der Waals surface area contributed by atoms with Crippen molar-refractivity contribution in [3.05, 3.63) is 12.2 Å². The number of thioether (sulfide) groups is 1. The molecule has 1 saturated heterocycles. The van der Waals surface area contributed by atoms with E-state index in [0.717, 1.165) is 29.7 Å². The zero-order chi connectivity index (χ0) is 12.3. The Morgan fingerprint density at radius 3 is 3.06 bits per heavy atom. The molecule has 1 aromatic heterocycles. The fourth-order valence-electron chi connectivity index (χ4n) is 1.62. The van der Waals surface area contributed by atoms with Crippen LogP contribution in [0.25, 0.3) is 0 Å². The summed E-state index contributed by atoms with van der Waals surface area (Å²) in [6.07, 6.45) is 2.53. The van der Waals surface area contributed by atoms with Gasteiger partial charge in [-0.15, -0.1) is 0 Å². The highest BCUT2D eigenvalue weighted by Crippen LogP contribution is 2.18. The van der Waals surface area contributed by atoms with Gasteiger partial charge in [-0.25, -0.2) is 4.98 Å². The van der Waals surface area contributed by atoms with Gasteiger partial charge in [-0.05, 0) is 5.92 Å². The maximum absolute atomic E-state index is 4.54. The highest BCUT2D eigenvalue weighted by atomic mass is 32.2. The largest absolute Gasteiger partial charge is 0.361 e. The van der Waals surface area contributed by atoms with Gasteiger partial charge in [0.2, 0.25) is 0 Å². The summed E-state index contributed by atoms with van der Waals surface area (Å²) >= 11 is 1.81. The Balaban J connectivity index is 1.78. The van der Waals surface area contributed by atoms with Crippen LogP contribution in [0.3, 0.4) is 0 Å². The van der Waals surface area contributed by atoms with E-state index in [4.69, 9.17) is 0 Å². The van der Waals surface area contributed by atoms with Crippen LogP contribution in [0.2, 0.25) is 0 Å². The normalized spacial score (nSPS) is 22.4. The summed E-state index contributed by atoms with van der Waals surface area (Å²) in [5.41, 5.74) is 0. The maximum Gasteiger partial charge on any atom is 0.156 e. The first kappa shape index (κ1) is 12.4. The highest BCUT2D eigenvalue weighted by molar-refractivity contribution is 8.14. The van der Waals surface area contributed by atoms with Crippen molar-refractivity contribution in [1.29, 1.82) is 0 Å². The SMILES string of the molecule is CC(C)[C@H]1CSC(=NCCc2ncn(C)n2)N1. The quantitative estimate of drug-likeness (QED) is 0.872. The zero-order valence-electron chi connectivity index (χ0n) is 10.6. The van der Waals surface area contributed by atoms with Gasteiger partial charge in [0, 0.05) is 31.8 Å². The number of aryl methyl sites for hydroxylation is 1. The Bertz CT molecular complexity index is 398. The van der Waals surface area contributed by atoms with Crippen LogP contribution in [0.1, 0.15) is 19.7 Å². The molecule has 5 nitrogen and oxygen atoms in total. The molecule has 0 saturated carbocycles. The molecule has 1 N–H and O–H groups in total. The molecule has 0 amide bonds. The molecule has 0 unspecified atom stereocenters. The van der Waals surface area contributed by atoms with Crippen LogP contribution in [0.5, 0.6) is 0 Å². The summed E-state index contributed by atoms with van der Waals surface area (Å²) in [6.45, 7) is 5.22. The Hall–Kier alpha value is -1.04. The Morgan fingerprint density at radius 2 is 2.47 bits per heavy atom. The van der Waals surface area contributed by atoms with Gasteiger partial charge in [-0.1, -0.05) is 25.6 Å². The Morgan fingerprint density at radius 1 is 1.65 bits per heavy atom. The van der Waals surface area contributed by atoms with Crippen LogP contribution in [0.4, 0.5) is 0 Å². The number of rotatable bonds is 4. The van der Waals surface area contributed by atoms with Gasteiger partial charge in [0.1, 0.15) is 6.33 Å². The molecule has 6 heteroatoms. The molecule has 0 spiro atoms. The molecule has 0 aliphatic carbocycles. The predicted octanol–water partition coefficient (Wildman–Crippen LogP) is 1.07. The first-order valence-electron chi connectivity index (χ1n) is 5.93. The molecule has 17 heavy (non-hydrogen) atoms. The average Bonchev–Trinajstić information content (AvgIpc) is 2.88. The van der Waals surface area contributed by atoms with Gasteiger partial charge in [-0.2, -0.15) is 5.10 Å². The van der Waals surface area contributed by atoms with E-state index in [0.29, 0.717) is 12.0 Å². The minimum Gasteiger partial charge on any atom is -0.361 e. The maximum atomic E-state index is 4.54. The lowest BCUT2D eigenvalue weighted by Gasteiger charge is -2.12. The van der Waals surface area contributed by atoms with Crippen molar-refractivity contribution in [1.82, 2.24) is 20.1 Å². The molecule has 0 bridgehead atoms. The first-order valence-corrected chi connectivity index (χ1v) is 6.92. The molecule has 0 radical (unpaired) electrons. The highest BCUT2D eigenvalue weighted by Gasteiger charge is 2.22. The van der Waals surface area contributed by atoms with E-state index < -0.39 is 0 Å². The number of hydrogen-bond acceptors (Lipinski definition) is 4. The van der Waals surface area contributed by atoms with Crippen molar-refractivity contribution < 1.29 is 0 Å². The summed E-state index contributed by atoms with van der Waals surface area (Å²) in [7, 11) is 1.88. The zero-order valence-corrected chi connectivity index (χ0v) is 11.4. The van der Waals surface area contributed by atoms with E-state index in [1.54, 1.807) is 11.0 Å². The summed E-state index contributed by atoms with van der Waals surface area (Å²) in [5.74, 6) is 2.64. The standard InChI is InChI=1S/C11H19N5S/c1-8(2)9-6-17-11(14-9)12-5-4-10-13-7-16(3)15-10/h7-9H,4-6H2,1-3H3,(H,12,14)/t9-/m1/s1. The van der Waals surface area contributed by atoms with E-state index in [1.165, 1.54) is 0 Å².